The highest BCUT2D eigenvalue weighted by atomic mass is 32.2. The van der Waals surface area contributed by atoms with Crippen LogP contribution < -0.4 is 9.52 Å². The molecule has 0 radical (unpaired) electrons. The van der Waals surface area contributed by atoms with Crippen LogP contribution in [0.3, 0.4) is 0 Å². The predicted octanol–water partition coefficient (Wildman–Crippen LogP) is 4.96. The lowest BCUT2D eigenvalue weighted by Crippen LogP contribution is -2.18. The summed E-state index contributed by atoms with van der Waals surface area (Å²) in [5.41, 5.74) is 2.38. The lowest BCUT2D eigenvalue weighted by atomic mass is 10.2. The number of hydrogen-bond acceptors (Lipinski definition) is 4. The quantitative estimate of drug-likeness (QED) is 0.437. The lowest BCUT2D eigenvalue weighted by Gasteiger charge is -2.11. The Balaban J connectivity index is 1.73. The fourth-order valence-electron chi connectivity index (χ4n) is 3.37. The van der Waals surface area contributed by atoms with Gasteiger partial charge in [0.05, 0.1) is 26.4 Å². The van der Waals surface area contributed by atoms with Crippen molar-refractivity contribution in [3.63, 3.8) is 0 Å². The van der Waals surface area contributed by atoms with E-state index in [0.29, 0.717) is 4.80 Å². The van der Waals surface area contributed by atoms with Crippen LogP contribution in [-0.4, -0.2) is 18.9 Å². The minimum absolute atomic E-state index is 0.132. The highest BCUT2D eigenvalue weighted by molar-refractivity contribution is 7.92. The maximum absolute atomic E-state index is 13.1. The molecule has 4 aromatic rings. The zero-order valence-electron chi connectivity index (χ0n) is 17.8. The van der Waals surface area contributed by atoms with Crippen LogP contribution in [0.15, 0.2) is 82.7 Å². The van der Waals surface area contributed by atoms with Crippen LogP contribution in [0.2, 0.25) is 0 Å². The molecule has 0 bridgehead atoms. The number of rotatable bonds is 6. The average molecular weight is 466 g/mol. The molecular formula is C24H23N3O3S2. The van der Waals surface area contributed by atoms with Gasteiger partial charge in [0, 0.05) is 6.54 Å². The van der Waals surface area contributed by atoms with E-state index >= 15 is 0 Å². The van der Waals surface area contributed by atoms with Crippen LogP contribution in [0.25, 0.3) is 10.2 Å². The van der Waals surface area contributed by atoms with E-state index in [0.717, 1.165) is 28.7 Å². The van der Waals surface area contributed by atoms with Gasteiger partial charge in [-0.2, -0.15) is 4.99 Å². The van der Waals surface area contributed by atoms with Gasteiger partial charge >= 0.3 is 0 Å². The molecule has 1 amide bonds. The molecule has 1 N–H and O–H groups in total. The highest BCUT2D eigenvalue weighted by Gasteiger charge is 2.19. The standard InChI is InChI=1S/C24H23N3O3S2/c1-3-16-27-21-10-6-7-11-22(21)31-24(27)25-23(28)19-8-4-5-9-20(19)26-32(29,30)18-14-12-17(2)13-15-18/h4-15,26H,3,16H2,1-2H3. The largest absolute Gasteiger partial charge is 0.316 e. The summed E-state index contributed by atoms with van der Waals surface area (Å²) in [7, 11) is -3.84. The van der Waals surface area contributed by atoms with E-state index in [2.05, 4.69) is 16.6 Å². The van der Waals surface area contributed by atoms with E-state index in [9.17, 15) is 13.2 Å². The molecule has 0 saturated heterocycles. The number of anilines is 1. The van der Waals surface area contributed by atoms with Crippen LogP contribution in [-0.2, 0) is 16.6 Å². The number of aryl methyl sites for hydroxylation is 2. The lowest BCUT2D eigenvalue weighted by molar-refractivity contribution is 0.0998. The van der Waals surface area contributed by atoms with Gasteiger partial charge in [-0.05, 0) is 49.7 Å². The van der Waals surface area contributed by atoms with E-state index in [1.54, 1.807) is 36.4 Å². The van der Waals surface area contributed by atoms with Crippen LogP contribution >= 0.6 is 11.3 Å². The Morgan fingerprint density at radius 3 is 2.44 bits per heavy atom. The van der Waals surface area contributed by atoms with Crippen molar-refractivity contribution in [2.45, 2.75) is 31.7 Å². The molecule has 32 heavy (non-hydrogen) atoms. The summed E-state index contributed by atoms with van der Waals surface area (Å²) in [5, 5.41) is 0. The molecule has 1 aromatic heterocycles. The Labute approximate surface area is 190 Å². The average Bonchev–Trinajstić information content (AvgIpc) is 3.11. The smallest absolute Gasteiger partial charge is 0.281 e. The van der Waals surface area contributed by atoms with E-state index in [1.165, 1.54) is 23.5 Å². The summed E-state index contributed by atoms with van der Waals surface area (Å²) >= 11 is 1.44. The molecule has 0 unspecified atom stereocenters. The second kappa shape index (κ2) is 9.10. The van der Waals surface area contributed by atoms with Gasteiger partial charge in [-0.1, -0.05) is 60.2 Å². The van der Waals surface area contributed by atoms with Crippen molar-refractivity contribution in [2.75, 3.05) is 4.72 Å². The van der Waals surface area contributed by atoms with Crippen LogP contribution in [0, 0.1) is 6.92 Å². The number of aromatic nitrogens is 1. The molecule has 1 heterocycles. The normalized spacial score (nSPS) is 12.2. The number of para-hydroxylation sites is 2. The topological polar surface area (TPSA) is 80.5 Å². The van der Waals surface area contributed by atoms with Crippen LogP contribution in [0.1, 0.15) is 29.3 Å². The Morgan fingerprint density at radius 2 is 1.69 bits per heavy atom. The van der Waals surface area contributed by atoms with Crippen molar-refractivity contribution in [1.29, 1.82) is 0 Å². The molecule has 0 atom stereocenters. The van der Waals surface area contributed by atoms with Crippen molar-refractivity contribution in [2.24, 2.45) is 4.99 Å². The molecule has 0 aliphatic rings. The summed E-state index contributed by atoms with van der Waals surface area (Å²) in [6, 6.07) is 21.0. The number of amides is 1. The van der Waals surface area contributed by atoms with E-state index in [-0.39, 0.29) is 16.1 Å². The predicted molar refractivity (Wildman–Crippen MR) is 128 cm³/mol. The Morgan fingerprint density at radius 1 is 1.00 bits per heavy atom. The molecule has 0 saturated carbocycles. The van der Waals surface area contributed by atoms with Gasteiger partial charge in [-0.15, -0.1) is 0 Å². The highest BCUT2D eigenvalue weighted by Crippen LogP contribution is 2.22. The minimum atomic E-state index is -3.84. The zero-order chi connectivity index (χ0) is 22.7. The maximum atomic E-state index is 13.1. The number of nitrogens with one attached hydrogen (secondary N) is 1. The van der Waals surface area contributed by atoms with Crippen molar-refractivity contribution >= 4 is 43.2 Å². The second-order valence-electron chi connectivity index (χ2n) is 7.39. The summed E-state index contributed by atoms with van der Waals surface area (Å²) in [6.45, 7) is 4.69. The SMILES string of the molecule is CCCn1c(=NC(=O)c2ccccc2NS(=O)(=O)c2ccc(C)cc2)sc2ccccc21. The molecule has 164 valence electrons. The number of carbonyl (C=O) groups is 1. The minimum Gasteiger partial charge on any atom is -0.316 e. The van der Waals surface area contributed by atoms with E-state index in [4.69, 9.17) is 0 Å². The van der Waals surface area contributed by atoms with E-state index < -0.39 is 15.9 Å². The number of sulfonamides is 1. The Bertz CT molecular complexity index is 1450. The molecular weight excluding hydrogens is 442 g/mol. The van der Waals surface area contributed by atoms with Crippen molar-refractivity contribution in [1.82, 2.24) is 4.57 Å². The maximum Gasteiger partial charge on any atom is 0.281 e. The first-order valence-corrected chi connectivity index (χ1v) is 12.5. The molecule has 0 spiro atoms. The van der Waals surface area contributed by atoms with Gasteiger partial charge < -0.3 is 4.57 Å². The molecule has 0 aliphatic carbocycles. The first-order chi connectivity index (χ1) is 15.4. The third-order valence-electron chi connectivity index (χ3n) is 4.97. The summed E-state index contributed by atoms with van der Waals surface area (Å²) < 4.78 is 31.3. The number of thiazole rings is 1. The first-order valence-electron chi connectivity index (χ1n) is 10.2. The fraction of sp³-hybridized carbons (Fsp3) is 0.167. The van der Waals surface area contributed by atoms with Gasteiger partial charge in [-0.3, -0.25) is 9.52 Å². The number of fused-ring (bicyclic) bond motifs is 1. The fourth-order valence-corrected chi connectivity index (χ4v) is 5.51. The third-order valence-corrected chi connectivity index (χ3v) is 7.41. The van der Waals surface area contributed by atoms with Gasteiger partial charge in [0.1, 0.15) is 0 Å². The van der Waals surface area contributed by atoms with Gasteiger partial charge in [-0.25, -0.2) is 8.42 Å². The van der Waals surface area contributed by atoms with Crippen molar-refractivity contribution in [3.8, 4) is 0 Å². The molecule has 3 aromatic carbocycles. The molecule has 6 nitrogen and oxygen atoms in total. The molecule has 8 heteroatoms. The summed E-state index contributed by atoms with van der Waals surface area (Å²) in [6.07, 6.45) is 0.898. The van der Waals surface area contributed by atoms with Gasteiger partial charge in [0.2, 0.25) is 0 Å². The number of nitrogens with zero attached hydrogens (tertiary/aromatic N) is 2. The van der Waals surface area contributed by atoms with E-state index in [1.807, 2.05) is 35.8 Å². The second-order valence-corrected chi connectivity index (χ2v) is 10.1. The molecule has 0 aliphatic heterocycles. The summed E-state index contributed by atoms with van der Waals surface area (Å²) in [5.74, 6) is -0.497. The number of carbonyl (C=O) groups excluding carboxylic acids is 1. The van der Waals surface area contributed by atoms with Crippen LogP contribution in [0.4, 0.5) is 5.69 Å². The summed E-state index contributed by atoms with van der Waals surface area (Å²) in [4.78, 5) is 18.2. The zero-order valence-corrected chi connectivity index (χ0v) is 19.4. The van der Waals surface area contributed by atoms with Crippen molar-refractivity contribution in [3.05, 3.63) is 88.7 Å². The number of hydrogen-bond donors (Lipinski definition) is 1. The van der Waals surface area contributed by atoms with Gasteiger partial charge in [0.15, 0.2) is 4.80 Å². The number of benzene rings is 3. The monoisotopic (exact) mass is 465 g/mol. The van der Waals surface area contributed by atoms with Gasteiger partial charge in [0.25, 0.3) is 15.9 Å². The van der Waals surface area contributed by atoms with Crippen molar-refractivity contribution < 1.29 is 13.2 Å². The Hall–Kier alpha value is -3.23. The third kappa shape index (κ3) is 4.51. The molecule has 4 rings (SSSR count). The molecule has 0 fully saturated rings. The first kappa shape index (κ1) is 22.0. The van der Waals surface area contributed by atoms with Crippen LogP contribution in [0.5, 0.6) is 0 Å². The Kier molecular flexibility index (Phi) is 6.25.